The van der Waals surface area contributed by atoms with E-state index < -0.39 is 0 Å². The lowest BCUT2D eigenvalue weighted by Gasteiger charge is -2.30. The third-order valence-electron chi connectivity index (χ3n) is 5.82. The Kier molecular flexibility index (Phi) is 4.67. The predicted octanol–water partition coefficient (Wildman–Crippen LogP) is 2.90. The molecule has 142 valence electrons. The van der Waals surface area contributed by atoms with Gasteiger partial charge in [-0.2, -0.15) is 4.98 Å². The number of para-hydroxylation sites is 1. The van der Waals surface area contributed by atoms with E-state index in [2.05, 4.69) is 40.1 Å². The molecule has 5 rings (SSSR count). The zero-order valence-electron chi connectivity index (χ0n) is 15.6. The van der Waals surface area contributed by atoms with Crippen molar-refractivity contribution in [2.45, 2.75) is 25.2 Å². The van der Waals surface area contributed by atoms with Gasteiger partial charge in [-0.15, -0.1) is 0 Å². The Morgan fingerprint density at radius 2 is 1.59 bits per heavy atom. The van der Waals surface area contributed by atoms with E-state index in [0.29, 0.717) is 5.92 Å². The highest BCUT2D eigenvalue weighted by Crippen LogP contribution is 2.40. The smallest absolute Gasteiger partial charge is 0.227 e. The van der Waals surface area contributed by atoms with Gasteiger partial charge in [0, 0.05) is 50.0 Å². The number of morpholine rings is 1. The van der Waals surface area contributed by atoms with Crippen LogP contribution in [0.2, 0.25) is 0 Å². The van der Waals surface area contributed by atoms with Crippen molar-refractivity contribution in [2.24, 2.45) is 0 Å². The second kappa shape index (κ2) is 7.44. The van der Waals surface area contributed by atoms with Gasteiger partial charge in [0.1, 0.15) is 5.82 Å². The third kappa shape index (κ3) is 3.28. The highest BCUT2D eigenvalue weighted by molar-refractivity contribution is 5.68. The van der Waals surface area contributed by atoms with E-state index in [1.807, 2.05) is 0 Å². The molecule has 0 radical (unpaired) electrons. The normalized spacial score (nSPS) is 20.7. The van der Waals surface area contributed by atoms with Crippen molar-refractivity contribution >= 4 is 17.5 Å². The molecule has 0 bridgehead atoms. The number of hydrogen-bond donors (Lipinski definition) is 0. The maximum absolute atomic E-state index is 5.60. The highest BCUT2D eigenvalue weighted by Gasteiger charge is 2.31. The summed E-state index contributed by atoms with van der Waals surface area (Å²) >= 11 is 0. The fourth-order valence-corrected chi connectivity index (χ4v) is 4.34. The van der Waals surface area contributed by atoms with Crippen LogP contribution in [0.1, 0.15) is 30.0 Å². The molecule has 2 aromatic rings. The molecule has 4 heterocycles. The van der Waals surface area contributed by atoms with Crippen molar-refractivity contribution < 1.29 is 9.47 Å². The second-order valence-electron chi connectivity index (χ2n) is 7.43. The van der Waals surface area contributed by atoms with Crippen molar-refractivity contribution in [1.82, 2.24) is 9.97 Å². The Morgan fingerprint density at radius 1 is 0.852 bits per heavy atom. The summed E-state index contributed by atoms with van der Waals surface area (Å²) in [6.45, 7) is 5.84. The number of aromatic nitrogens is 2. The van der Waals surface area contributed by atoms with Crippen LogP contribution in [-0.2, 0) is 15.9 Å². The van der Waals surface area contributed by atoms with Crippen LogP contribution < -0.4 is 9.80 Å². The quantitative estimate of drug-likeness (QED) is 0.833. The SMILES string of the molecule is c1ccc(N2CCc3c(C4CCOCC4)nc(N4CCOCC4)nc32)cc1. The Labute approximate surface area is 160 Å². The van der Waals surface area contributed by atoms with Gasteiger partial charge in [0.25, 0.3) is 0 Å². The molecule has 0 N–H and O–H groups in total. The van der Waals surface area contributed by atoms with E-state index in [4.69, 9.17) is 19.4 Å². The van der Waals surface area contributed by atoms with Gasteiger partial charge in [0.2, 0.25) is 5.95 Å². The molecule has 0 amide bonds. The van der Waals surface area contributed by atoms with Crippen LogP contribution in [0.5, 0.6) is 0 Å². The van der Waals surface area contributed by atoms with Gasteiger partial charge in [0.15, 0.2) is 0 Å². The molecule has 2 fully saturated rings. The zero-order chi connectivity index (χ0) is 18.1. The number of fused-ring (bicyclic) bond motifs is 1. The zero-order valence-corrected chi connectivity index (χ0v) is 15.6. The highest BCUT2D eigenvalue weighted by atomic mass is 16.5. The van der Waals surface area contributed by atoms with Crippen molar-refractivity contribution in [3.05, 3.63) is 41.6 Å². The van der Waals surface area contributed by atoms with E-state index in [0.717, 1.165) is 77.1 Å². The Hall–Kier alpha value is -2.18. The summed E-state index contributed by atoms with van der Waals surface area (Å²) in [5.74, 6) is 2.44. The van der Waals surface area contributed by atoms with Crippen LogP contribution in [0.15, 0.2) is 30.3 Å². The van der Waals surface area contributed by atoms with Crippen molar-refractivity contribution in [1.29, 1.82) is 0 Å². The molecule has 3 aliphatic heterocycles. The minimum absolute atomic E-state index is 0.478. The van der Waals surface area contributed by atoms with E-state index in [9.17, 15) is 0 Å². The van der Waals surface area contributed by atoms with Crippen LogP contribution in [0.25, 0.3) is 0 Å². The summed E-state index contributed by atoms with van der Waals surface area (Å²) in [7, 11) is 0. The van der Waals surface area contributed by atoms with Crippen LogP contribution in [-0.4, -0.2) is 56.0 Å². The van der Waals surface area contributed by atoms with E-state index in [-0.39, 0.29) is 0 Å². The molecule has 0 aliphatic carbocycles. The maximum Gasteiger partial charge on any atom is 0.227 e. The van der Waals surface area contributed by atoms with Gasteiger partial charge in [-0.25, -0.2) is 4.98 Å². The fourth-order valence-electron chi connectivity index (χ4n) is 4.34. The molecule has 1 aromatic heterocycles. The Balaban J connectivity index is 1.57. The molecule has 6 heteroatoms. The number of hydrogen-bond acceptors (Lipinski definition) is 6. The molecule has 0 spiro atoms. The van der Waals surface area contributed by atoms with Crippen LogP contribution in [0.4, 0.5) is 17.5 Å². The monoisotopic (exact) mass is 366 g/mol. The van der Waals surface area contributed by atoms with Crippen LogP contribution >= 0.6 is 0 Å². The molecule has 2 saturated heterocycles. The van der Waals surface area contributed by atoms with Crippen LogP contribution in [0.3, 0.4) is 0 Å². The van der Waals surface area contributed by atoms with Gasteiger partial charge >= 0.3 is 0 Å². The molecule has 0 atom stereocenters. The molecule has 27 heavy (non-hydrogen) atoms. The minimum atomic E-state index is 0.478. The number of anilines is 3. The largest absolute Gasteiger partial charge is 0.381 e. The molecule has 0 unspecified atom stereocenters. The topological polar surface area (TPSA) is 50.7 Å². The average Bonchev–Trinajstić information content (AvgIpc) is 3.19. The molecular weight excluding hydrogens is 340 g/mol. The first kappa shape index (κ1) is 17.0. The van der Waals surface area contributed by atoms with Gasteiger partial charge in [0.05, 0.1) is 18.9 Å². The maximum atomic E-state index is 5.60. The third-order valence-corrected chi connectivity index (χ3v) is 5.82. The summed E-state index contributed by atoms with van der Waals surface area (Å²) in [4.78, 5) is 14.8. The van der Waals surface area contributed by atoms with Gasteiger partial charge < -0.3 is 19.3 Å². The van der Waals surface area contributed by atoms with Crippen molar-refractivity contribution in [3.8, 4) is 0 Å². The predicted molar refractivity (Wildman–Crippen MR) is 105 cm³/mol. The average molecular weight is 366 g/mol. The lowest BCUT2D eigenvalue weighted by atomic mass is 9.92. The summed E-state index contributed by atoms with van der Waals surface area (Å²) in [5.41, 5.74) is 3.80. The summed E-state index contributed by atoms with van der Waals surface area (Å²) in [5, 5.41) is 0. The lowest BCUT2D eigenvalue weighted by Crippen LogP contribution is -2.38. The molecule has 1 aromatic carbocycles. The van der Waals surface area contributed by atoms with Crippen molar-refractivity contribution in [2.75, 3.05) is 55.9 Å². The van der Waals surface area contributed by atoms with E-state index in [1.54, 1.807) is 0 Å². The summed E-state index contributed by atoms with van der Waals surface area (Å²) in [6.07, 6.45) is 3.12. The Morgan fingerprint density at radius 3 is 2.37 bits per heavy atom. The molecule has 0 saturated carbocycles. The number of ether oxygens (including phenoxy) is 2. The molecule has 3 aliphatic rings. The first-order valence-electron chi connectivity index (χ1n) is 10.0. The first-order chi connectivity index (χ1) is 13.4. The standard InChI is InChI=1S/C21H26N4O2/c1-2-4-17(5-3-1)25-9-6-18-19(16-7-12-26-13-8-16)22-21(23-20(18)25)24-10-14-27-15-11-24/h1-5,16H,6-15H2. The first-order valence-corrected chi connectivity index (χ1v) is 10.0. The molecular formula is C21H26N4O2. The van der Waals surface area contributed by atoms with Crippen LogP contribution in [0, 0.1) is 0 Å². The minimum Gasteiger partial charge on any atom is -0.381 e. The Bertz CT molecular complexity index is 786. The number of nitrogens with zero attached hydrogens (tertiary/aromatic N) is 4. The fraction of sp³-hybridized carbons (Fsp3) is 0.524. The van der Waals surface area contributed by atoms with Gasteiger partial charge in [-0.1, -0.05) is 18.2 Å². The van der Waals surface area contributed by atoms with E-state index >= 15 is 0 Å². The second-order valence-corrected chi connectivity index (χ2v) is 7.43. The number of benzene rings is 1. The van der Waals surface area contributed by atoms with Crippen molar-refractivity contribution in [3.63, 3.8) is 0 Å². The summed E-state index contributed by atoms with van der Waals surface area (Å²) < 4.78 is 11.1. The summed E-state index contributed by atoms with van der Waals surface area (Å²) in [6, 6.07) is 10.6. The van der Waals surface area contributed by atoms with Gasteiger partial charge in [-0.05, 0) is 31.4 Å². The lowest BCUT2D eigenvalue weighted by molar-refractivity contribution is 0.0843. The van der Waals surface area contributed by atoms with Gasteiger partial charge in [-0.3, -0.25) is 0 Å². The van der Waals surface area contributed by atoms with E-state index in [1.165, 1.54) is 16.9 Å². The number of rotatable bonds is 3. The molecule has 6 nitrogen and oxygen atoms in total.